The third-order valence-corrected chi connectivity index (χ3v) is 5.89. The zero-order valence-electron chi connectivity index (χ0n) is 13.9. The lowest BCUT2D eigenvalue weighted by atomic mass is 9.70. The zero-order valence-corrected chi connectivity index (χ0v) is 13.9. The van der Waals surface area contributed by atoms with E-state index in [1.807, 2.05) is 12.1 Å². The summed E-state index contributed by atoms with van der Waals surface area (Å²) < 4.78 is 0. The molecule has 2 aliphatic rings. The second kappa shape index (κ2) is 5.44. The molecule has 0 spiro atoms. The van der Waals surface area contributed by atoms with Gasteiger partial charge in [-0.15, -0.1) is 0 Å². The Morgan fingerprint density at radius 3 is 1.44 bits per heavy atom. The molecule has 0 amide bonds. The second-order valence-electron chi connectivity index (χ2n) is 7.11. The highest BCUT2D eigenvalue weighted by molar-refractivity contribution is 5.57. The van der Waals surface area contributed by atoms with Gasteiger partial charge in [0, 0.05) is 17.8 Å². The Labute approximate surface area is 148 Å². The van der Waals surface area contributed by atoms with Crippen molar-refractivity contribution in [3.63, 3.8) is 0 Å². The predicted octanol–water partition coefficient (Wildman–Crippen LogP) is 5.00. The molecule has 0 saturated carbocycles. The maximum absolute atomic E-state index is 12.1. The van der Waals surface area contributed by atoms with E-state index in [-0.39, 0.29) is 17.8 Å². The Balaban J connectivity index is 1.71. The summed E-state index contributed by atoms with van der Waals surface area (Å²) in [5, 5.41) is 12.1. The van der Waals surface area contributed by atoms with Gasteiger partial charge >= 0.3 is 0 Å². The van der Waals surface area contributed by atoms with Gasteiger partial charge in [0.25, 0.3) is 0 Å². The first-order chi connectivity index (χ1) is 12.3. The molecular formula is C24H20O. The fourth-order valence-electron chi connectivity index (χ4n) is 4.88. The molecule has 1 nitrogen and oxygen atoms in total. The molecule has 0 saturated heterocycles. The number of rotatable bonds is 3. The molecular weight excluding hydrogens is 304 g/mol. The van der Waals surface area contributed by atoms with Crippen LogP contribution in [-0.4, -0.2) is 10.7 Å². The van der Waals surface area contributed by atoms with Crippen LogP contribution in [0.15, 0.2) is 97.1 Å². The largest absolute Gasteiger partial charge is 0.387 e. The van der Waals surface area contributed by atoms with Gasteiger partial charge in [-0.05, 0) is 22.3 Å². The first-order valence-electron chi connectivity index (χ1n) is 8.89. The van der Waals surface area contributed by atoms with Crippen LogP contribution in [0.25, 0.3) is 0 Å². The molecule has 5 rings (SSSR count). The van der Waals surface area contributed by atoms with Crippen molar-refractivity contribution in [2.75, 3.05) is 0 Å². The van der Waals surface area contributed by atoms with E-state index in [4.69, 9.17) is 0 Å². The third kappa shape index (κ3) is 1.99. The minimum absolute atomic E-state index is 0.0408. The van der Waals surface area contributed by atoms with E-state index in [1.54, 1.807) is 0 Å². The minimum Gasteiger partial charge on any atom is -0.387 e. The van der Waals surface area contributed by atoms with E-state index in [9.17, 15) is 5.11 Å². The Morgan fingerprint density at radius 2 is 1.00 bits per heavy atom. The van der Waals surface area contributed by atoms with E-state index < -0.39 is 5.60 Å². The van der Waals surface area contributed by atoms with E-state index >= 15 is 0 Å². The standard InChI is InChI=1S/C24H20O/c25-24(21-15-16-22(24)20-14-8-7-13-19(20)21)23(17-9-3-1-4-10-17)18-11-5-2-6-12-18/h1-16,21-23,25H. The molecule has 2 aliphatic carbocycles. The van der Waals surface area contributed by atoms with Gasteiger partial charge < -0.3 is 5.11 Å². The van der Waals surface area contributed by atoms with Crippen molar-refractivity contribution in [1.82, 2.24) is 0 Å². The molecule has 0 aromatic heterocycles. The first kappa shape index (κ1) is 14.7. The number of benzene rings is 3. The maximum atomic E-state index is 12.1. The van der Waals surface area contributed by atoms with Crippen molar-refractivity contribution in [3.05, 3.63) is 119 Å². The van der Waals surface area contributed by atoms with Gasteiger partial charge in [-0.2, -0.15) is 0 Å². The Kier molecular flexibility index (Phi) is 3.19. The van der Waals surface area contributed by atoms with Crippen molar-refractivity contribution in [2.45, 2.75) is 23.4 Å². The highest BCUT2D eigenvalue weighted by Crippen LogP contribution is 2.61. The maximum Gasteiger partial charge on any atom is 0.0961 e. The lowest BCUT2D eigenvalue weighted by Gasteiger charge is -2.38. The van der Waals surface area contributed by atoms with Gasteiger partial charge in [-0.3, -0.25) is 0 Å². The molecule has 0 aliphatic heterocycles. The van der Waals surface area contributed by atoms with Crippen LogP contribution in [0.2, 0.25) is 0 Å². The molecule has 3 aromatic rings. The van der Waals surface area contributed by atoms with Crippen LogP contribution in [0, 0.1) is 0 Å². The van der Waals surface area contributed by atoms with Gasteiger partial charge in [0.2, 0.25) is 0 Å². The monoisotopic (exact) mass is 324 g/mol. The van der Waals surface area contributed by atoms with Crippen LogP contribution < -0.4 is 0 Å². The molecule has 1 heteroatoms. The lowest BCUT2D eigenvalue weighted by Crippen LogP contribution is -2.40. The van der Waals surface area contributed by atoms with Crippen molar-refractivity contribution in [2.24, 2.45) is 0 Å². The molecule has 2 unspecified atom stereocenters. The topological polar surface area (TPSA) is 20.2 Å². The van der Waals surface area contributed by atoms with E-state index in [2.05, 4.69) is 84.9 Å². The molecule has 25 heavy (non-hydrogen) atoms. The Morgan fingerprint density at radius 1 is 0.600 bits per heavy atom. The molecule has 122 valence electrons. The van der Waals surface area contributed by atoms with Crippen LogP contribution in [0.5, 0.6) is 0 Å². The molecule has 0 fully saturated rings. The number of aliphatic hydroxyl groups is 1. The predicted molar refractivity (Wildman–Crippen MR) is 101 cm³/mol. The second-order valence-corrected chi connectivity index (χ2v) is 7.11. The Hall–Kier alpha value is -2.64. The Bertz CT molecular complexity index is 854. The fraction of sp³-hybridized carbons (Fsp3) is 0.167. The third-order valence-electron chi connectivity index (χ3n) is 5.89. The van der Waals surface area contributed by atoms with Crippen molar-refractivity contribution < 1.29 is 5.11 Å². The minimum atomic E-state index is -0.855. The van der Waals surface area contributed by atoms with Gasteiger partial charge in [0.05, 0.1) is 5.60 Å². The molecule has 0 radical (unpaired) electrons. The van der Waals surface area contributed by atoms with Gasteiger partial charge in [-0.1, -0.05) is 97.1 Å². The fourth-order valence-corrected chi connectivity index (χ4v) is 4.88. The summed E-state index contributed by atoms with van der Waals surface area (Å²) in [5.41, 5.74) is 4.03. The molecule has 2 atom stereocenters. The number of hydrogen-bond acceptors (Lipinski definition) is 1. The summed E-state index contributed by atoms with van der Waals surface area (Å²) in [4.78, 5) is 0. The highest BCUT2D eigenvalue weighted by Gasteiger charge is 2.58. The number of hydrogen-bond donors (Lipinski definition) is 1. The summed E-state index contributed by atoms with van der Waals surface area (Å²) in [5.74, 6) is 0.0190. The SMILES string of the molecule is OC1(C(c2ccccc2)c2ccccc2)C2C=CC1c1ccccc12. The van der Waals surface area contributed by atoms with E-state index in [1.165, 1.54) is 22.3 Å². The van der Waals surface area contributed by atoms with Crippen molar-refractivity contribution >= 4 is 0 Å². The summed E-state index contributed by atoms with van der Waals surface area (Å²) in [7, 11) is 0. The van der Waals surface area contributed by atoms with Crippen LogP contribution in [0.1, 0.15) is 40.0 Å². The average molecular weight is 324 g/mol. The van der Waals surface area contributed by atoms with Crippen LogP contribution in [-0.2, 0) is 0 Å². The normalized spacial score (nSPS) is 26.2. The molecule has 2 bridgehead atoms. The van der Waals surface area contributed by atoms with Crippen LogP contribution in [0.3, 0.4) is 0 Å². The first-order valence-corrected chi connectivity index (χ1v) is 8.89. The smallest absolute Gasteiger partial charge is 0.0961 e. The molecule has 1 N–H and O–H groups in total. The van der Waals surface area contributed by atoms with Gasteiger partial charge in [-0.25, -0.2) is 0 Å². The average Bonchev–Trinajstić information content (AvgIpc) is 3.13. The summed E-state index contributed by atoms with van der Waals surface area (Å²) >= 11 is 0. The lowest BCUT2D eigenvalue weighted by molar-refractivity contribution is 0.0157. The van der Waals surface area contributed by atoms with Crippen molar-refractivity contribution in [1.29, 1.82) is 0 Å². The zero-order chi connectivity index (χ0) is 16.9. The number of fused-ring (bicyclic) bond motifs is 5. The molecule has 0 heterocycles. The highest BCUT2D eigenvalue weighted by atomic mass is 16.3. The van der Waals surface area contributed by atoms with Crippen LogP contribution >= 0.6 is 0 Å². The van der Waals surface area contributed by atoms with Crippen molar-refractivity contribution in [3.8, 4) is 0 Å². The van der Waals surface area contributed by atoms with Gasteiger partial charge in [0.1, 0.15) is 0 Å². The summed E-state index contributed by atoms with van der Waals surface area (Å²) in [6, 6.07) is 29.4. The quantitative estimate of drug-likeness (QED) is 0.672. The summed E-state index contributed by atoms with van der Waals surface area (Å²) in [6.07, 6.45) is 4.40. The van der Waals surface area contributed by atoms with Crippen LogP contribution in [0.4, 0.5) is 0 Å². The molecule has 3 aromatic carbocycles. The van der Waals surface area contributed by atoms with E-state index in [0.29, 0.717) is 0 Å². The van der Waals surface area contributed by atoms with E-state index in [0.717, 1.165) is 0 Å². The summed E-state index contributed by atoms with van der Waals surface area (Å²) in [6.45, 7) is 0. The van der Waals surface area contributed by atoms with Gasteiger partial charge in [0.15, 0.2) is 0 Å².